The number of nitrogens with zero attached hydrogens (tertiary/aromatic N) is 6. The van der Waals surface area contributed by atoms with Gasteiger partial charge < -0.3 is 19.7 Å². The van der Waals surface area contributed by atoms with Crippen LogP contribution in [0, 0.1) is 0 Å². The van der Waals surface area contributed by atoms with Crippen molar-refractivity contribution in [2.75, 3.05) is 56.1 Å². The van der Waals surface area contributed by atoms with Crippen molar-refractivity contribution in [3.63, 3.8) is 0 Å². The summed E-state index contributed by atoms with van der Waals surface area (Å²) in [6, 6.07) is 4.10. The van der Waals surface area contributed by atoms with E-state index in [0.29, 0.717) is 0 Å². The van der Waals surface area contributed by atoms with Gasteiger partial charge >= 0.3 is 0 Å². The molecule has 1 N–H and O–H groups in total. The van der Waals surface area contributed by atoms with Crippen LogP contribution in [0.3, 0.4) is 0 Å². The van der Waals surface area contributed by atoms with E-state index in [1.54, 1.807) is 0 Å². The third kappa shape index (κ3) is 3.20. The first-order chi connectivity index (χ1) is 13.8. The lowest BCUT2D eigenvalue weighted by Crippen LogP contribution is -2.32. The van der Waals surface area contributed by atoms with E-state index in [-0.39, 0.29) is 0 Å². The Morgan fingerprint density at radius 1 is 0.857 bits per heavy atom. The lowest BCUT2D eigenvalue weighted by Gasteiger charge is -2.28. The van der Waals surface area contributed by atoms with Crippen LogP contribution in [0.5, 0.6) is 0 Å². The third-order valence-electron chi connectivity index (χ3n) is 5.90. The molecule has 3 aromatic heterocycles. The molecule has 28 heavy (non-hydrogen) atoms. The van der Waals surface area contributed by atoms with Crippen LogP contribution in [0.4, 0.5) is 11.6 Å². The molecule has 5 heterocycles. The first-order valence-electron chi connectivity index (χ1n) is 10.3. The summed E-state index contributed by atoms with van der Waals surface area (Å²) in [5, 5.41) is 1.09. The van der Waals surface area contributed by atoms with Gasteiger partial charge in [0, 0.05) is 56.1 Å². The van der Waals surface area contributed by atoms with E-state index in [9.17, 15) is 0 Å². The van der Waals surface area contributed by atoms with Crippen LogP contribution >= 0.6 is 0 Å². The van der Waals surface area contributed by atoms with Crippen LogP contribution in [0.2, 0.25) is 0 Å². The molecule has 0 spiro atoms. The SMILES string of the molecule is CN1CCCN(c2nc(-c3ccnc4[nH]ccc34)cnc2N2CCCC2)CC1. The molecule has 0 saturated carbocycles. The van der Waals surface area contributed by atoms with Crippen molar-refractivity contribution in [2.45, 2.75) is 19.3 Å². The molecule has 2 fully saturated rings. The Hall–Kier alpha value is -2.67. The standard InChI is InChI=1S/C21H27N7/c1-26-9-4-12-28(14-13-26)21-20(27-10-2-3-11-27)24-15-18(25-21)16-5-7-22-19-17(16)6-8-23-19/h5-8,15H,2-4,9-14H2,1H3,(H,22,23). The van der Waals surface area contributed by atoms with Crippen LogP contribution in [-0.2, 0) is 0 Å². The fraction of sp³-hybridized carbons (Fsp3) is 0.476. The number of aromatic nitrogens is 4. The summed E-state index contributed by atoms with van der Waals surface area (Å²) in [5.74, 6) is 2.08. The van der Waals surface area contributed by atoms with Crippen LogP contribution in [0.15, 0.2) is 30.7 Å². The Morgan fingerprint density at radius 2 is 1.68 bits per heavy atom. The second-order valence-corrected chi connectivity index (χ2v) is 7.84. The van der Waals surface area contributed by atoms with Gasteiger partial charge in [0.15, 0.2) is 11.6 Å². The first kappa shape index (κ1) is 17.4. The van der Waals surface area contributed by atoms with E-state index < -0.39 is 0 Å². The van der Waals surface area contributed by atoms with Gasteiger partial charge in [0.1, 0.15) is 5.65 Å². The average molecular weight is 377 g/mol. The number of anilines is 2. The molecule has 0 amide bonds. The molecule has 7 nitrogen and oxygen atoms in total. The Labute approximate surface area is 165 Å². The van der Waals surface area contributed by atoms with Crippen LogP contribution in [0.25, 0.3) is 22.3 Å². The number of hydrogen-bond donors (Lipinski definition) is 1. The highest BCUT2D eigenvalue weighted by atomic mass is 15.3. The molecule has 5 rings (SSSR count). The van der Waals surface area contributed by atoms with Crippen molar-refractivity contribution in [3.8, 4) is 11.3 Å². The number of H-pyrrole nitrogens is 1. The van der Waals surface area contributed by atoms with Gasteiger partial charge in [-0.1, -0.05) is 0 Å². The minimum Gasteiger partial charge on any atom is -0.354 e. The summed E-state index contributed by atoms with van der Waals surface area (Å²) >= 11 is 0. The minimum absolute atomic E-state index is 0.890. The van der Waals surface area contributed by atoms with E-state index in [0.717, 1.165) is 79.6 Å². The quantitative estimate of drug-likeness (QED) is 0.757. The number of nitrogens with one attached hydrogen (secondary N) is 1. The summed E-state index contributed by atoms with van der Waals surface area (Å²) in [6.07, 6.45) is 9.32. The summed E-state index contributed by atoms with van der Waals surface area (Å²) < 4.78 is 0. The number of likely N-dealkylation sites (N-methyl/N-ethyl adjacent to an activating group) is 1. The summed E-state index contributed by atoms with van der Waals surface area (Å²) in [5.41, 5.74) is 2.89. The van der Waals surface area contributed by atoms with Gasteiger partial charge in [0.25, 0.3) is 0 Å². The highest BCUT2D eigenvalue weighted by Crippen LogP contribution is 2.33. The van der Waals surface area contributed by atoms with Crippen LogP contribution in [-0.4, -0.2) is 71.2 Å². The van der Waals surface area contributed by atoms with E-state index >= 15 is 0 Å². The van der Waals surface area contributed by atoms with Crippen molar-refractivity contribution in [3.05, 3.63) is 30.7 Å². The Kier molecular flexibility index (Phi) is 4.60. The highest BCUT2D eigenvalue weighted by molar-refractivity contribution is 5.92. The van der Waals surface area contributed by atoms with Crippen LogP contribution in [0.1, 0.15) is 19.3 Å². The lowest BCUT2D eigenvalue weighted by molar-refractivity contribution is 0.360. The van der Waals surface area contributed by atoms with Crippen LogP contribution < -0.4 is 9.80 Å². The summed E-state index contributed by atoms with van der Waals surface area (Å²) in [4.78, 5) is 24.9. The molecule has 146 valence electrons. The topological polar surface area (TPSA) is 64.2 Å². The molecular weight excluding hydrogens is 350 g/mol. The monoisotopic (exact) mass is 377 g/mol. The second-order valence-electron chi connectivity index (χ2n) is 7.84. The minimum atomic E-state index is 0.890. The smallest absolute Gasteiger partial charge is 0.172 e. The second kappa shape index (κ2) is 7.39. The molecule has 0 atom stereocenters. The van der Waals surface area contributed by atoms with Gasteiger partial charge in [-0.05, 0) is 45.0 Å². The zero-order valence-corrected chi connectivity index (χ0v) is 16.4. The molecule has 0 radical (unpaired) electrons. The average Bonchev–Trinajstić information content (AvgIpc) is 3.37. The molecule has 2 aliphatic heterocycles. The van der Waals surface area contributed by atoms with Crippen molar-refractivity contribution >= 4 is 22.7 Å². The van der Waals surface area contributed by atoms with Gasteiger partial charge in [-0.2, -0.15) is 0 Å². The predicted octanol–water partition coefficient (Wildman–Crippen LogP) is 2.76. The Balaban J connectivity index is 1.59. The molecule has 0 aliphatic carbocycles. The van der Waals surface area contributed by atoms with Crippen molar-refractivity contribution in [1.82, 2.24) is 24.8 Å². The number of aromatic amines is 1. The van der Waals surface area contributed by atoms with Gasteiger partial charge in [-0.25, -0.2) is 15.0 Å². The van der Waals surface area contributed by atoms with Crippen molar-refractivity contribution in [1.29, 1.82) is 0 Å². The molecule has 7 heteroatoms. The fourth-order valence-corrected chi connectivity index (χ4v) is 4.31. The largest absolute Gasteiger partial charge is 0.354 e. The number of rotatable bonds is 3. The molecule has 0 unspecified atom stereocenters. The van der Waals surface area contributed by atoms with E-state index in [1.165, 1.54) is 12.8 Å². The van der Waals surface area contributed by atoms with E-state index in [4.69, 9.17) is 9.97 Å². The van der Waals surface area contributed by atoms with Gasteiger partial charge in [0.05, 0.1) is 11.9 Å². The summed E-state index contributed by atoms with van der Waals surface area (Å²) in [7, 11) is 2.20. The Morgan fingerprint density at radius 3 is 2.57 bits per heavy atom. The van der Waals surface area contributed by atoms with Gasteiger partial charge in [-0.15, -0.1) is 0 Å². The van der Waals surface area contributed by atoms with Crippen molar-refractivity contribution in [2.24, 2.45) is 0 Å². The zero-order chi connectivity index (χ0) is 18.9. The number of hydrogen-bond acceptors (Lipinski definition) is 6. The lowest BCUT2D eigenvalue weighted by atomic mass is 10.1. The maximum Gasteiger partial charge on any atom is 0.172 e. The third-order valence-corrected chi connectivity index (χ3v) is 5.90. The Bertz CT molecular complexity index is 960. The van der Waals surface area contributed by atoms with Gasteiger partial charge in [-0.3, -0.25) is 0 Å². The normalized spacial score (nSPS) is 18.8. The van der Waals surface area contributed by atoms with E-state index in [2.05, 4.69) is 37.8 Å². The predicted molar refractivity (Wildman–Crippen MR) is 113 cm³/mol. The fourth-order valence-electron chi connectivity index (χ4n) is 4.31. The molecule has 2 aliphatic rings. The summed E-state index contributed by atoms with van der Waals surface area (Å²) in [6.45, 7) is 6.36. The molecule has 0 bridgehead atoms. The first-order valence-corrected chi connectivity index (χ1v) is 10.3. The molecular formula is C21H27N7. The maximum absolute atomic E-state index is 5.17. The van der Waals surface area contributed by atoms with Gasteiger partial charge in [0.2, 0.25) is 0 Å². The number of pyridine rings is 1. The van der Waals surface area contributed by atoms with Crippen molar-refractivity contribution < 1.29 is 0 Å². The highest BCUT2D eigenvalue weighted by Gasteiger charge is 2.24. The number of fused-ring (bicyclic) bond motifs is 1. The van der Waals surface area contributed by atoms with E-state index in [1.807, 2.05) is 24.7 Å². The zero-order valence-electron chi connectivity index (χ0n) is 16.4. The molecule has 2 saturated heterocycles. The maximum atomic E-state index is 5.17. The molecule has 3 aromatic rings. The molecule has 0 aromatic carbocycles.